The molecule has 0 saturated carbocycles. The molecule has 5 N–H and O–H groups in total. The van der Waals surface area contributed by atoms with E-state index in [9.17, 15) is 24.9 Å². The zero-order valence-electron chi connectivity index (χ0n) is 30.5. The number of aromatic hydroxyl groups is 1. The molecule has 4 aromatic rings. The van der Waals surface area contributed by atoms with E-state index in [0.29, 0.717) is 55.8 Å². The number of H-pyrrole nitrogens is 1. The van der Waals surface area contributed by atoms with Gasteiger partial charge in [-0.2, -0.15) is 0 Å². The molecule has 1 amide bonds. The number of phenolic OH excluding ortho intramolecular Hbond substituents is 1. The maximum absolute atomic E-state index is 12.7. The van der Waals surface area contributed by atoms with Gasteiger partial charge in [0.25, 0.3) is 0 Å². The van der Waals surface area contributed by atoms with E-state index in [1.807, 2.05) is 12.1 Å². The van der Waals surface area contributed by atoms with Crippen LogP contribution in [-0.4, -0.2) is 119 Å². The van der Waals surface area contributed by atoms with E-state index in [0.717, 1.165) is 63.4 Å². The Morgan fingerprint density at radius 2 is 1.91 bits per heavy atom. The molecular formula is C40H52N6O7. The van der Waals surface area contributed by atoms with Crippen LogP contribution in [0.2, 0.25) is 0 Å². The monoisotopic (exact) mass is 728 g/mol. The number of piperidine rings is 1. The van der Waals surface area contributed by atoms with Gasteiger partial charge in [-0.1, -0.05) is 30.3 Å². The van der Waals surface area contributed by atoms with Crippen LogP contribution in [0, 0.1) is 0 Å². The fraction of sp³-hybridized carbons (Fsp3) is 0.475. The van der Waals surface area contributed by atoms with Gasteiger partial charge >= 0.3 is 0 Å². The molecule has 4 heterocycles. The third-order valence-electron chi connectivity index (χ3n) is 10.4. The number of amides is 1. The maximum Gasteiger partial charge on any atom is 0.248 e. The van der Waals surface area contributed by atoms with Crippen molar-refractivity contribution in [2.24, 2.45) is 0 Å². The van der Waals surface area contributed by atoms with Gasteiger partial charge in [0.15, 0.2) is 0 Å². The predicted octanol–water partition coefficient (Wildman–Crippen LogP) is 2.72. The van der Waals surface area contributed by atoms with E-state index in [1.165, 1.54) is 23.3 Å². The number of nitrogens with one attached hydrogen (secondary N) is 2. The normalized spacial score (nSPS) is 16.6. The number of likely N-dealkylation sites (tertiary alicyclic amines) is 1. The van der Waals surface area contributed by atoms with Crippen LogP contribution in [0.25, 0.3) is 10.9 Å². The number of rotatable bonds is 16. The van der Waals surface area contributed by atoms with Crippen LogP contribution >= 0.6 is 0 Å². The molecule has 2 aliphatic heterocycles. The van der Waals surface area contributed by atoms with E-state index in [4.69, 9.17) is 9.47 Å². The van der Waals surface area contributed by atoms with Gasteiger partial charge in [-0.05, 0) is 65.8 Å². The molecule has 13 heteroatoms. The van der Waals surface area contributed by atoms with Crippen molar-refractivity contribution in [2.45, 2.75) is 50.5 Å². The quantitative estimate of drug-likeness (QED) is 0.108. The molecule has 2 fully saturated rings. The number of hydrogen-bond donors (Lipinski definition) is 5. The number of benzene rings is 2. The van der Waals surface area contributed by atoms with Crippen molar-refractivity contribution < 1.29 is 29.6 Å². The van der Waals surface area contributed by atoms with Crippen molar-refractivity contribution in [3.05, 3.63) is 99.5 Å². The molecule has 2 saturated heterocycles. The summed E-state index contributed by atoms with van der Waals surface area (Å²) >= 11 is 0. The van der Waals surface area contributed by atoms with Gasteiger partial charge < -0.3 is 44.9 Å². The zero-order chi connectivity index (χ0) is 37.2. The van der Waals surface area contributed by atoms with Crippen molar-refractivity contribution in [2.75, 3.05) is 77.6 Å². The summed E-state index contributed by atoms with van der Waals surface area (Å²) in [6.45, 7) is 7.23. The summed E-state index contributed by atoms with van der Waals surface area (Å²) in [7, 11) is 1.76. The van der Waals surface area contributed by atoms with E-state index >= 15 is 0 Å². The first-order valence-electron chi connectivity index (χ1n) is 18.5. The van der Waals surface area contributed by atoms with Crippen LogP contribution in [0.15, 0.2) is 71.7 Å². The smallest absolute Gasteiger partial charge is 0.248 e. The molecule has 0 unspecified atom stereocenters. The minimum Gasteiger partial charge on any atom is -0.506 e. The van der Waals surface area contributed by atoms with Crippen molar-refractivity contribution in [1.82, 2.24) is 25.1 Å². The second-order valence-electron chi connectivity index (χ2n) is 14.2. The molecular weight excluding hydrogens is 676 g/mol. The number of phenols is 1. The highest BCUT2D eigenvalue weighted by molar-refractivity contribution is 5.87. The summed E-state index contributed by atoms with van der Waals surface area (Å²) in [5.74, 6) is 0.844. The average molecular weight is 729 g/mol. The summed E-state index contributed by atoms with van der Waals surface area (Å²) < 4.78 is 12.2. The van der Waals surface area contributed by atoms with Gasteiger partial charge in [0, 0.05) is 77.1 Å². The van der Waals surface area contributed by atoms with Crippen LogP contribution in [-0.2, 0) is 33.8 Å². The molecule has 6 rings (SSSR count). The lowest BCUT2D eigenvalue weighted by Gasteiger charge is -2.47. The molecule has 0 bridgehead atoms. The zero-order valence-corrected chi connectivity index (χ0v) is 30.5. The van der Waals surface area contributed by atoms with Gasteiger partial charge in [0.1, 0.15) is 11.6 Å². The Labute approximate surface area is 310 Å². The molecule has 0 aliphatic carbocycles. The number of aliphatic hydroxyl groups excluding tert-OH is 2. The lowest BCUT2D eigenvalue weighted by molar-refractivity contribution is -0.131. The highest BCUT2D eigenvalue weighted by atomic mass is 16.5. The number of nitrogens with zero attached hydrogens (tertiary/aromatic N) is 4. The lowest BCUT2D eigenvalue weighted by Crippen LogP contribution is -2.57. The third-order valence-corrected chi connectivity index (χ3v) is 10.4. The third kappa shape index (κ3) is 10.2. The molecule has 0 radical (unpaired) electrons. The largest absolute Gasteiger partial charge is 0.506 e. The molecule has 2 aliphatic rings. The lowest BCUT2D eigenvalue weighted by atomic mass is 9.89. The number of anilines is 1. The second kappa shape index (κ2) is 18.1. The second-order valence-corrected chi connectivity index (χ2v) is 14.2. The van der Waals surface area contributed by atoms with E-state index in [-0.39, 0.29) is 36.0 Å². The molecule has 2 aromatic carbocycles. The van der Waals surface area contributed by atoms with Crippen LogP contribution in [0.4, 0.5) is 5.82 Å². The number of likely N-dealkylation sites (N-methyl/N-ethyl adjacent to an activating group) is 1. The summed E-state index contributed by atoms with van der Waals surface area (Å²) in [6, 6.07) is 18.5. The van der Waals surface area contributed by atoms with Gasteiger partial charge in [0.05, 0.1) is 50.1 Å². The maximum atomic E-state index is 12.7. The molecule has 53 heavy (non-hydrogen) atoms. The number of aliphatic hydroxyl groups is 2. The summed E-state index contributed by atoms with van der Waals surface area (Å²) in [6.07, 6.45) is 3.90. The Morgan fingerprint density at radius 3 is 2.74 bits per heavy atom. The van der Waals surface area contributed by atoms with Crippen LogP contribution < -0.4 is 15.8 Å². The molecule has 2 aromatic heterocycles. The first kappa shape index (κ1) is 38.4. The predicted molar refractivity (Wildman–Crippen MR) is 203 cm³/mol. The van der Waals surface area contributed by atoms with Crippen molar-refractivity contribution in [3.63, 3.8) is 0 Å². The van der Waals surface area contributed by atoms with Crippen LogP contribution in [0.5, 0.6) is 5.75 Å². The number of carbonyl (C=O) groups excluding carboxylic acids is 1. The Hall–Kier alpha value is -4.37. The molecule has 284 valence electrons. The fourth-order valence-corrected chi connectivity index (χ4v) is 7.25. The number of morpholine rings is 1. The van der Waals surface area contributed by atoms with Gasteiger partial charge in [-0.15, -0.1) is 0 Å². The number of ether oxygens (including phenoxy) is 2. The van der Waals surface area contributed by atoms with Gasteiger partial charge in [0.2, 0.25) is 11.5 Å². The minimum atomic E-state index is -0.860. The van der Waals surface area contributed by atoms with Gasteiger partial charge in [-0.25, -0.2) is 4.98 Å². The fourth-order valence-electron chi connectivity index (χ4n) is 7.25. The first-order valence-corrected chi connectivity index (χ1v) is 18.5. The van der Waals surface area contributed by atoms with E-state index < -0.39 is 6.10 Å². The number of carbonyl (C=O) groups is 1. The first-order chi connectivity index (χ1) is 25.7. The standard InChI is InChI=1S/C40H52N6O7/c1-44(18-15-41-25-35(49)32-5-7-34(48)39-33(32)6-8-37(50)43-39)38(51)11-21-52-20-10-29-3-2-4-30(23-29)26-45-16-12-40(13-17-45)28-46(19-22-53-40)36-24-31(27-47)9-14-42-36/h2-9,14,23-24,35,41,47-49H,10-13,15-22,25-28H2,1H3,(H,43,50)/t35-/m0/s1. The molecule has 1 spiro atoms. The Balaban J connectivity index is 0.854. The number of pyridine rings is 2. The van der Waals surface area contributed by atoms with Crippen LogP contribution in [0.1, 0.15) is 47.6 Å². The van der Waals surface area contributed by atoms with Crippen LogP contribution in [0.3, 0.4) is 0 Å². The topological polar surface area (TPSA) is 164 Å². The average Bonchev–Trinajstić information content (AvgIpc) is 3.17. The molecule has 13 nitrogen and oxygen atoms in total. The molecule has 1 atom stereocenters. The van der Waals surface area contributed by atoms with Crippen molar-refractivity contribution in [3.8, 4) is 5.75 Å². The van der Waals surface area contributed by atoms with Crippen molar-refractivity contribution >= 4 is 22.6 Å². The van der Waals surface area contributed by atoms with Gasteiger partial charge in [-0.3, -0.25) is 14.5 Å². The number of aromatic amines is 1. The number of hydrogen-bond acceptors (Lipinski definition) is 11. The summed E-state index contributed by atoms with van der Waals surface area (Å²) in [4.78, 5) is 37.9. The van der Waals surface area contributed by atoms with E-state index in [2.05, 4.69) is 49.4 Å². The SMILES string of the molecule is CN(CCNC[C@H](O)c1ccc(O)c2[nH]c(=O)ccc12)C(=O)CCOCCc1cccc(CN2CCC3(CC2)CN(c2cc(CO)ccn2)CCO3)c1. The Bertz CT molecular complexity index is 1880. The summed E-state index contributed by atoms with van der Waals surface area (Å²) in [5, 5.41) is 34.1. The van der Waals surface area contributed by atoms with E-state index in [1.54, 1.807) is 30.3 Å². The Morgan fingerprint density at radius 1 is 1.08 bits per heavy atom. The highest BCUT2D eigenvalue weighted by Crippen LogP contribution is 2.33. The Kier molecular flexibility index (Phi) is 13.1. The summed E-state index contributed by atoms with van der Waals surface area (Å²) in [5.41, 5.74) is 3.75. The minimum absolute atomic E-state index is 0.00922. The van der Waals surface area contributed by atoms with Crippen molar-refractivity contribution in [1.29, 1.82) is 0 Å². The number of aromatic nitrogens is 2. The number of fused-ring (bicyclic) bond motifs is 1. The highest BCUT2D eigenvalue weighted by Gasteiger charge is 2.40.